The van der Waals surface area contributed by atoms with Crippen LogP contribution >= 0.6 is 0 Å². The first-order valence-corrected chi connectivity index (χ1v) is 5.76. The summed E-state index contributed by atoms with van der Waals surface area (Å²) in [5.74, 6) is -2.41. The number of cyclic esters (lactones) is 2. The van der Waals surface area contributed by atoms with Gasteiger partial charge in [-0.25, -0.2) is 0 Å². The quantitative estimate of drug-likeness (QED) is 0.434. The lowest BCUT2D eigenvalue weighted by atomic mass is 10.3. The van der Waals surface area contributed by atoms with E-state index in [1.165, 1.54) is 11.8 Å². The van der Waals surface area contributed by atoms with Crippen molar-refractivity contribution in [1.82, 2.24) is 9.80 Å². The molecule has 0 amide bonds. The number of hydrogen-bond donors (Lipinski definition) is 1. The zero-order chi connectivity index (χ0) is 14.4. The first-order chi connectivity index (χ1) is 8.86. The highest BCUT2D eigenvalue weighted by Gasteiger charge is 2.25. The van der Waals surface area contributed by atoms with Crippen LogP contribution in [0.1, 0.15) is 6.92 Å². The fourth-order valence-electron chi connectivity index (χ4n) is 1.77. The van der Waals surface area contributed by atoms with Crippen molar-refractivity contribution in [2.75, 3.05) is 39.3 Å². The second kappa shape index (κ2) is 6.95. The van der Waals surface area contributed by atoms with E-state index in [0.717, 1.165) is 0 Å². The number of carboxylic acid groups (broad SMARTS) is 1. The van der Waals surface area contributed by atoms with E-state index in [1.54, 1.807) is 4.90 Å². The molecule has 0 radical (unpaired) electrons. The predicted octanol–water partition coefficient (Wildman–Crippen LogP) is -1.65. The maximum absolute atomic E-state index is 11.0. The second-order valence-corrected chi connectivity index (χ2v) is 4.36. The minimum atomic E-state index is -1.03. The number of ether oxygens (including phenoxy) is 1. The maximum atomic E-state index is 11.0. The third-order valence-corrected chi connectivity index (χ3v) is 2.47. The molecule has 1 fully saturated rings. The van der Waals surface area contributed by atoms with Gasteiger partial charge in [-0.1, -0.05) is 0 Å². The number of carbonyl (C=O) groups is 4. The molecule has 0 aromatic rings. The lowest BCUT2D eigenvalue weighted by molar-refractivity contribution is -0.167. The van der Waals surface area contributed by atoms with E-state index in [0.29, 0.717) is 6.54 Å². The van der Waals surface area contributed by atoms with Crippen molar-refractivity contribution >= 4 is 23.7 Å². The zero-order valence-electron chi connectivity index (χ0n) is 10.6. The van der Waals surface area contributed by atoms with Gasteiger partial charge in [0.1, 0.15) is 5.78 Å². The minimum absolute atomic E-state index is 0.00722. The smallest absolute Gasteiger partial charge is 0.327 e. The van der Waals surface area contributed by atoms with Crippen LogP contribution < -0.4 is 0 Å². The molecule has 1 N–H and O–H groups in total. The predicted molar refractivity (Wildman–Crippen MR) is 62.3 cm³/mol. The summed E-state index contributed by atoms with van der Waals surface area (Å²) in [7, 11) is 0. The van der Waals surface area contributed by atoms with E-state index in [1.807, 2.05) is 0 Å². The fraction of sp³-hybridized carbons (Fsp3) is 0.636. The molecule has 8 heteroatoms. The molecule has 1 aliphatic rings. The highest BCUT2D eigenvalue weighted by molar-refractivity contribution is 5.90. The van der Waals surface area contributed by atoms with E-state index in [4.69, 9.17) is 5.11 Å². The van der Waals surface area contributed by atoms with Gasteiger partial charge in [0.05, 0.1) is 26.2 Å². The molecular weight excluding hydrogens is 256 g/mol. The summed E-state index contributed by atoms with van der Waals surface area (Å²) in [4.78, 5) is 46.8. The minimum Gasteiger partial charge on any atom is -0.480 e. The lowest BCUT2D eigenvalue weighted by Crippen LogP contribution is -2.47. The number of ketones is 1. The molecule has 106 valence electrons. The van der Waals surface area contributed by atoms with Crippen molar-refractivity contribution in [2.45, 2.75) is 6.92 Å². The molecule has 1 saturated heterocycles. The first kappa shape index (κ1) is 15.3. The number of rotatable bonds is 7. The zero-order valence-corrected chi connectivity index (χ0v) is 10.6. The van der Waals surface area contributed by atoms with Gasteiger partial charge in [0.15, 0.2) is 0 Å². The molecule has 19 heavy (non-hydrogen) atoms. The SMILES string of the molecule is CC(=O)CN(CCN1CC(=O)OC(=O)C1)CC(=O)O. The van der Waals surface area contributed by atoms with E-state index >= 15 is 0 Å². The molecule has 0 unspecified atom stereocenters. The highest BCUT2D eigenvalue weighted by Crippen LogP contribution is 2.00. The number of carboxylic acids is 1. The van der Waals surface area contributed by atoms with Gasteiger partial charge in [0.2, 0.25) is 0 Å². The summed E-state index contributed by atoms with van der Waals surface area (Å²) in [6, 6.07) is 0. The Kier molecular flexibility index (Phi) is 5.58. The number of esters is 2. The largest absolute Gasteiger partial charge is 0.480 e. The molecule has 1 rings (SSSR count). The number of nitrogens with zero attached hydrogens (tertiary/aromatic N) is 2. The van der Waals surface area contributed by atoms with Crippen LogP contribution in [0.2, 0.25) is 0 Å². The van der Waals surface area contributed by atoms with Crippen molar-refractivity contribution in [2.24, 2.45) is 0 Å². The van der Waals surface area contributed by atoms with Gasteiger partial charge in [-0.05, 0) is 6.92 Å². The normalized spacial score (nSPS) is 16.5. The molecular formula is C11H16N2O6. The summed E-state index contributed by atoms with van der Waals surface area (Å²) in [5.41, 5.74) is 0. The van der Waals surface area contributed by atoms with Crippen LogP contribution in [0.3, 0.4) is 0 Å². The van der Waals surface area contributed by atoms with E-state index in [-0.39, 0.29) is 38.5 Å². The number of aliphatic carboxylic acids is 1. The molecule has 0 atom stereocenters. The van der Waals surface area contributed by atoms with Crippen molar-refractivity contribution in [3.05, 3.63) is 0 Å². The van der Waals surface area contributed by atoms with Crippen molar-refractivity contribution in [1.29, 1.82) is 0 Å². The molecule has 0 spiro atoms. The van der Waals surface area contributed by atoms with Gasteiger partial charge < -0.3 is 9.84 Å². The second-order valence-electron chi connectivity index (χ2n) is 4.36. The third-order valence-electron chi connectivity index (χ3n) is 2.47. The van der Waals surface area contributed by atoms with Gasteiger partial charge in [0.25, 0.3) is 0 Å². The van der Waals surface area contributed by atoms with Gasteiger partial charge >= 0.3 is 17.9 Å². The Morgan fingerprint density at radius 2 is 1.84 bits per heavy atom. The molecule has 0 saturated carbocycles. The topological polar surface area (TPSA) is 104 Å². The Labute approximate surface area is 109 Å². The number of hydrogen-bond acceptors (Lipinski definition) is 7. The summed E-state index contributed by atoms with van der Waals surface area (Å²) in [6.07, 6.45) is 0. The number of Topliss-reactive ketones (excluding diaryl/α,β-unsaturated/α-hetero) is 1. The van der Waals surface area contributed by atoms with Crippen LogP contribution in [0.25, 0.3) is 0 Å². The number of morpholine rings is 1. The molecule has 0 aromatic carbocycles. The first-order valence-electron chi connectivity index (χ1n) is 5.76. The van der Waals surface area contributed by atoms with Crippen molar-refractivity contribution < 1.29 is 29.0 Å². The Morgan fingerprint density at radius 3 is 2.32 bits per heavy atom. The van der Waals surface area contributed by atoms with Crippen LogP contribution in [0, 0.1) is 0 Å². The van der Waals surface area contributed by atoms with E-state index in [2.05, 4.69) is 4.74 Å². The fourth-order valence-corrected chi connectivity index (χ4v) is 1.77. The van der Waals surface area contributed by atoms with Crippen LogP contribution in [0.4, 0.5) is 0 Å². The Bertz CT molecular complexity index is 363. The van der Waals surface area contributed by atoms with Gasteiger partial charge in [-0.15, -0.1) is 0 Å². The Morgan fingerprint density at radius 1 is 1.26 bits per heavy atom. The summed E-state index contributed by atoms with van der Waals surface area (Å²) >= 11 is 0. The standard InChI is InChI=1S/C11H16N2O6/c1-8(14)4-12(5-9(15)16)2-3-13-6-10(17)19-11(18)7-13/h2-7H2,1H3,(H,15,16). The Balaban J connectivity index is 2.45. The van der Waals surface area contributed by atoms with Crippen LogP contribution in [0.15, 0.2) is 0 Å². The number of carbonyl (C=O) groups excluding carboxylic acids is 3. The molecule has 1 heterocycles. The van der Waals surface area contributed by atoms with Crippen LogP contribution in [-0.2, 0) is 23.9 Å². The third kappa shape index (κ3) is 6.07. The van der Waals surface area contributed by atoms with Crippen molar-refractivity contribution in [3.8, 4) is 0 Å². The van der Waals surface area contributed by atoms with Crippen LogP contribution in [0.5, 0.6) is 0 Å². The highest BCUT2D eigenvalue weighted by atomic mass is 16.6. The summed E-state index contributed by atoms with van der Waals surface area (Å²) < 4.78 is 4.37. The average Bonchev–Trinajstić information content (AvgIpc) is 2.23. The van der Waals surface area contributed by atoms with Gasteiger partial charge in [0, 0.05) is 13.1 Å². The van der Waals surface area contributed by atoms with Crippen molar-refractivity contribution in [3.63, 3.8) is 0 Å². The average molecular weight is 272 g/mol. The molecule has 0 bridgehead atoms. The van der Waals surface area contributed by atoms with Gasteiger partial charge in [-0.3, -0.25) is 29.0 Å². The van der Waals surface area contributed by atoms with Crippen LogP contribution in [-0.4, -0.2) is 77.9 Å². The molecule has 1 aliphatic heterocycles. The molecule has 0 aliphatic carbocycles. The van der Waals surface area contributed by atoms with Gasteiger partial charge in [-0.2, -0.15) is 0 Å². The lowest BCUT2D eigenvalue weighted by Gasteiger charge is -2.27. The maximum Gasteiger partial charge on any atom is 0.327 e. The summed E-state index contributed by atoms with van der Waals surface area (Å²) in [5, 5.41) is 8.72. The molecule has 8 nitrogen and oxygen atoms in total. The molecule has 0 aromatic heterocycles. The summed E-state index contributed by atoms with van der Waals surface area (Å²) in [6.45, 7) is 1.73. The van der Waals surface area contributed by atoms with E-state index < -0.39 is 17.9 Å². The van der Waals surface area contributed by atoms with E-state index in [9.17, 15) is 19.2 Å². The monoisotopic (exact) mass is 272 g/mol. The Hall–Kier alpha value is -1.80.